The molecule has 66 valence electrons. The van der Waals surface area contributed by atoms with Crippen LogP contribution in [0.3, 0.4) is 0 Å². The molecule has 0 aromatic heterocycles. The van der Waals surface area contributed by atoms with E-state index in [1.807, 2.05) is 20.8 Å². The molecule has 1 aliphatic heterocycles. The van der Waals surface area contributed by atoms with Gasteiger partial charge in [-0.3, -0.25) is 0 Å². The normalized spacial score (nSPS) is 45.8. The molecule has 3 heteroatoms. The maximum Gasteiger partial charge on any atom is 0.158 e. The molecule has 0 bridgehead atoms. The highest BCUT2D eigenvalue weighted by Gasteiger charge is 2.31. The highest BCUT2D eigenvalue weighted by atomic mass is 16.7. The van der Waals surface area contributed by atoms with Crippen LogP contribution in [0.15, 0.2) is 0 Å². The van der Waals surface area contributed by atoms with Crippen LogP contribution in [0.5, 0.6) is 0 Å². The minimum Gasteiger partial charge on any atom is -0.388 e. The minimum absolute atomic E-state index is 0.108. The van der Waals surface area contributed by atoms with Crippen molar-refractivity contribution in [1.29, 1.82) is 0 Å². The van der Waals surface area contributed by atoms with E-state index in [2.05, 4.69) is 0 Å². The first-order valence-corrected chi connectivity index (χ1v) is 4.14. The minimum atomic E-state index is -0.488. The molecule has 1 rings (SSSR count). The van der Waals surface area contributed by atoms with Crippen LogP contribution in [0.2, 0.25) is 0 Å². The molecule has 0 aromatic carbocycles. The van der Waals surface area contributed by atoms with E-state index in [0.29, 0.717) is 0 Å². The van der Waals surface area contributed by atoms with E-state index in [4.69, 9.17) is 9.47 Å². The zero-order chi connectivity index (χ0) is 8.43. The summed E-state index contributed by atoms with van der Waals surface area (Å²) in [5.74, 6) is 0. The molecule has 1 heterocycles. The molecular formula is C8H16O3. The maximum atomic E-state index is 9.41. The van der Waals surface area contributed by atoms with Crippen LogP contribution in [-0.4, -0.2) is 29.7 Å². The summed E-state index contributed by atoms with van der Waals surface area (Å²) < 4.78 is 10.7. The van der Waals surface area contributed by atoms with Gasteiger partial charge in [0.2, 0.25) is 0 Å². The molecule has 0 saturated carbocycles. The van der Waals surface area contributed by atoms with Gasteiger partial charge in [-0.05, 0) is 20.3 Å². The Morgan fingerprint density at radius 3 is 2.00 bits per heavy atom. The quantitative estimate of drug-likeness (QED) is 0.619. The van der Waals surface area contributed by atoms with E-state index in [0.717, 1.165) is 6.42 Å². The molecule has 1 saturated heterocycles. The summed E-state index contributed by atoms with van der Waals surface area (Å²) in [7, 11) is 0. The molecule has 0 aliphatic carbocycles. The molecule has 0 spiro atoms. The van der Waals surface area contributed by atoms with Gasteiger partial charge in [0.15, 0.2) is 6.29 Å². The molecule has 1 fully saturated rings. The van der Waals surface area contributed by atoms with Gasteiger partial charge < -0.3 is 14.6 Å². The van der Waals surface area contributed by atoms with Crippen molar-refractivity contribution in [2.24, 2.45) is 0 Å². The van der Waals surface area contributed by atoms with Crippen LogP contribution in [0.1, 0.15) is 27.2 Å². The number of hydrogen-bond acceptors (Lipinski definition) is 3. The molecule has 11 heavy (non-hydrogen) atoms. The molecule has 3 nitrogen and oxygen atoms in total. The van der Waals surface area contributed by atoms with Gasteiger partial charge in [0.1, 0.15) is 6.10 Å². The Hall–Kier alpha value is -0.120. The van der Waals surface area contributed by atoms with Crippen molar-refractivity contribution in [2.45, 2.75) is 51.8 Å². The van der Waals surface area contributed by atoms with E-state index < -0.39 is 6.10 Å². The fraction of sp³-hybridized carbons (Fsp3) is 1.00. The fourth-order valence-corrected chi connectivity index (χ4v) is 1.25. The molecule has 0 amide bonds. The Balaban J connectivity index is 2.47. The molecule has 0 radical (unpaired) electrons. The molecule has 1 N–H and O–H groups in total. The van der Waals surface area contributed by atoms with E-state index in [1.165, 1.54) is 0 Å². The van der Waals surface area contributed by atoms with Gasteiger partial charge in [-0.2, -0.15) is 0 Å². The monoisotopic (exact) mass is 160 g/mol. The van der Waals surface area contributed by atoms with Gasteiger partial charge in [-0.25, -0.2) is 0 Å². The Bertz CT molecular complexity index is 115. The van der Waals surface area contributed by atoms with Crippen LogP contribution in [0.25, 0.3) is 0 Å². The zero-order valence-corrected chi connectivity index (χ0v) is 7.28. The number of rotatable bonds is 1. The van der Waals surface area contributed by atoms with Gasteiger partial charge in [0, 0.05) is 0 Å². The van der Waals surface area contributed by atoms with E-state index in [-0.39, 0.29) is 18.5 Å². The summed E-state index contributed by atoms with van der Waals surface area (Å²) in [6.07, 6.45) is -0.00454. The predicted octanol–water partition coefficient (Wildman–Crippen LogP) is 0.907. The van der Waals surface area contributed by atoms with Crippen molar-refractivity contribution < 1.29 is 14.6 Å². The lowest BCUT2D eigenvalue weighted by Gasteiger charge is -2.36. The van der Waals surface area contributed by atoms with Gasteiger partial charge in [0.25, 0.3) is 0 Å². The third-order valence-corrected chi connectivity index (χ3v) is 2.03. The van der Waals surface area contributed by atoms with Gasteiger partial charge >= 0.3 is 0 Å². The standard InChI is InChI=1S/C8H16O3/c1-4-7-10-5(2)8(9)6(3)11-7/h5-9H,4H2,1-3H3/t5-,6+,7-,8+. The first-order chi connectivity index (χ1) is 5.15. The van der Waals surface area contributed by atoms with Gasteiger partial charge in [-0.1, -0.05) is 6.92 Å². The van der Waals surface area contributed by atoms with Crippen LogP contribution in [0.4, 0.5) is 0 Å². The molecule has 0 unspecified atom stereocenters. The summed E-state index contributed by atoms with van der Waals surface area (Å²) >= 11 is 0. The summed E-state index contributed by atoms with van der Waals surface area (Å²) in [6.45, 7) is 5.74. The summed E-state index contributed by atoms with van der Waals surface area (Å²) in [6, 6.07) is 0. The van der Waals surface area contributed by atoms with Crippen molar-refractivity contribution in [3.8, 4) is 0 Å². The lowest BCUT2D eigenvalue weighted by Crippen LogP contribution is -2.47. The first-order valence-electron chi connectivity index (χ1n) is 4.14. The van der Waals surface area contributed by atoms with Crippen molar-refractivity contribution in [3.63, 3.8) is 0 Å². The topological polar surface area (TPSA) is 38.7 Å². The number of ether oxygens (including phenoxy) is 2. The predicted molar refractivity (Wildman–Crippen MR) is 41.2 cm³/mol. The first kappa shape index (κ1) is 8.97. The van der Waals surface area contributed by atoms with Gasteiger partial charge in [0.05, 0.1) is 12.2 Å². The Kier molecular flexibility index (Phi) is 2.87. The lowest BCUT2D eigenvalue weighted by molar-refractivity contribution is -0.275. The summed E-state index contributed by atoms with van der Waals surface area (Å²) in [4.78, 5) is 0. The van der Waals surface area contributed by atoms with Crippen LogP contribution in [0, 0.1) is 0 Å². The van der Waals surface area contributed by atoms with Crippen LogP contribution in [-0.2, 0) is 9.47 Å². The van der Waals surface area contributed by atoms with Crippen molar-refractivity contribution in [1.82, 2.24) is 0 Å². The van der Waals surface area contributed by atoms with Crippen LogP contribution >= 0.6 is 0 Å². The van der Waals surface area contributed by atoms with E-state index >= 15 is 0 Å². The van der Waals surface area contributed by atoms with Crippen molar-refractivity contribution in [2.75, 3.05) is 0 Å². The Labute approximate surface area is 67.3 Å². The number of aliphatic hydroxyl groups is 1. The average molecular weight is 160 g/mol. The SMILES string of the molecule is CC[C@H]1O[C@@H](C)[C@@H](O)[C@@H](C)O1. The smallest absolute Gasteiger partial charge is 0.158 e. The lowest BCUT2D eigenvalue weighted by atomic mass is 10.1. The molecule has 4 atom stereocenters. The average Bonchev–Trinajstić information content (AvgIpc) is 1.99. The largest absolute Gasteiger partial charge is 0.388 e. The molecule has 0 aromatic rings. The number of aliphatic hydroxyl groups excluding tert-OH is 1. The van der Waals surface area contributed by atoms with Crippen molar-refractivity contribution in [3.05, 3.63) is 0 Å². The highest BCUT2D eigenvalue weighted by Crippen LogP contribution is 2.19. The maximum absolute atomic E-state index is 9.41. The molecule has 1 aliphatic rings. The summed E-state index contributed by atoms with van der Waals surface area (Å²) in [5.41, 5.74) is 0. The van der Waals surface area contributed by atoms with Crippen molar-refractivity contribution >= 4 is 0 Å². The zero-order valence-electron chi connectivity index (χ0n) is 7.28. The highest BCUT2D eigenvalue weighted by molar-refractivity contribution is 4.75. The second-order valence-corrected chi connectivity index (χ2v) is 3.01. The second-order valence-electron chi connectivity index (χ2n) is 3.01. The second kappa shape index (κ2) is 3.52. The fourth-order valence-electron chi connectivity index (χ4n) is 1.25. The Morgan fingerprint density at radius 2 is 1.64 bits per heavy atom. The van der Waals surface area contributed by atoms with Gasteiger partial charge in [-0.15, -0.1) is 0 Å². The number of hydrogen-bond donors (Lipinski definition) is 1. The molecular weight excluding hydrogens is 144 g/mol. The van der Waals surface area contributed by atoms with E-state index in [9.17, 15) is 5.11 Å². The van der Waals surface area contributed by atoms with Crippen LogP contribution < -0.4 is 0 Å². The summed E-state index contributed by atoms with van der Waals surface area (Å²) in [5, 5.41) is 9.41. The Morgan fingerprint density at radius 1 is 1.18 bits per heavy atom. The third kappa shape index (κ3) is 1.92. The van der Waals surface area contributed by atoms with E-state index in [1.54, 1.807) is 0 Å². The third-order valence-electron chi connectivity index (χ3n) is 2.03.